The zero-order valence-corrected chi connectivity index (χ0v) is 22.7. The number of hydrogen-bond donors (Lipinski definition) is 3. The van der Waals surface area contributed by atoms with Crippen LogP contribution in [0.25, 0.3) is 11.1 Å². The van der Waals surface area contributed by atoms with Crippen LogP contribution >= 0.6 is 0 Å². The first-order chi connectivity index (χ1) is 19.1. The molecule has 3 aromatic rings. The van der Waals surface area contributed by atoms with E-state index in [2.05, 4.69) is 18.3 Å². The van der Waals surface area contributed by atoms with Crippen LogP contribution in [0.3, 0.4) is 0 Å². The molecule has 1 unspecified atom stereocenters. The summed E-state index contributed by atoms with van der Waals surface area (Å²) in [6.45, 7) is 4.14. The number of aromatic hydroxyl groups is 1. The van der Waals surface area contributed by atoms with Crippen LogP contribution in [0.1, 0.15) is 62.1 Å². The van der Waals surface area contributed by atoms with Crippen molar-refractivity contribution in [3.63, 3.8) is 0 Å². The summed E-state index contributed by atoms with van der Waals surface area (Å²) in [5.41, 5.74) is 5.35. The molecule has 0 amide bonds. The Morgan fingerprint density at radius 2 is 1.56 bits per heavy atom. The Morgan fingerprint density at radius 1 is 0.897 bits per heavy atom. The van der Waals surface area contributed by atoms with E-state index in [1.54, 1.807) is 12.1 Å². The fourth-order valence-electron chi connectivity index (χ4n) is 5.57. The molecule has 2 aliphatic rings. The Labute approximate surface area is 231 Å². The Bertz CT molecular complexity index is 1250. The average molecular weight is 530 g/mol. The van der Waals surface area contributed by atoms with E-state index in [1.807, 2.05) is 48.5 Å². The molecule has 1 aliphatic carbocycles. The minimum atomic E-state index is -0.557. The number of ether oxygens (including phenoxy) is 3. The maximum Gasteiger partial charge on any atom is 0.231 e. The fraction of sp³-hybridized carbons (Fsp3) is 0.394. The summed E-state index contributed by atoms with van der Waals surface area (Å²) in [6, 6.07) is 21.3. The smallest absolute Gasteiger partial charge is 0.231 e. The molecule has 5 rings (SSSR count). The third-order valence-electron chi connectivity index (χ3n) is 7.66. The largest absolute Gasteiger partial charge is 0.508 e. The highest BCUT2D eigenvalue weighted by molar-refractivity contribution is 5.99. The van der Waals surface area contributed by atoms with E-state index in [1.165, 1.54) is 32.1 Å². The van der Waals surface area contributed by atoms with Crippen molar-refractivity contribution in [1.82, 2.24) is 5.32 Å². The predicted octanol–water partition coefficient (Wildman–Crippen LogP) is 6.40. The quantitative estimate of drug-likeness (QED) is 0.250. The molecule has 206 valence electrons. The zero-order chi connectivity index (χ0) is 27.0. The van der Waals surface area contributed by atoms with Gasteiger partial charge in [0, 0.05) is 6.54 Å². The summed E-state index contributed by atoms with van der Waals surface area (Å²) >= 11 is 0. The van der Waals surface area contributed by atoms with Crippen LogP contribution in [0, 0.1) is 5.92 Å². The summed E-state index contributed by atoms with van der Waals surface area (Å²) in [6.07, 6.45) is 6.84. The van der Waals surface area contributed by atoms with Crippen LogP contribution in [0.5, 0.6) is 23.0 Å². The van der Waals surface area contributed by atoms with Gasteiger partial charge in [0.15, 0.2) is 11.5 Å². The summed E-state index contributed by atoms with van der Waals surface area (Å²) in [5, 5.41) is 23.7. The lowest BCUT2D eigenvalue weighted by molar-refractivity contribution is 0.105. The lowest BCUT2D eigenvalue weighted by Crippen LogP contribution is -2.34. The molecule has 0 saturated heterocycles. The van der Waals surface area contributed by atoms with Crippen LogP contribution in [0.4, 0.5) is 0 Å². The van der Waals surface area contributed by atoms with Crippen LogP contribution in [0.2, 0.25) is 0 Å². The topological polar surface area (TPSA) is 80.2 Å². The highest BCUT2D eigenvalue weighted by Gasteiger charge is 2.18. The Hall–Kier alpha value is -3.48. The minimum absolute atomic E-state index is 0.231. The van der Waals surface area contributed by atoms with E-state index in [4.69, 9.17) is 14.2 Å². The van der Waals surface area contributed by atoms with Crippen molar-refractivity contribution < 1.29 is 24.4 Å². The molecule has 3 N–H and O–H groups in total. The van der Waals surface area contributed by atoms with E-state index in [0.717, 1.165) is 64.0 Å². The molecule has 1 aliphatic heterocycles. The standard InChI is InChI=1S/C33H39NO5/c1-2-30(26-12-17-31-32(18-26)39-22-38-31)33(24-8-13-27(35)14-9-24)25-10-15-29(16-11-25)37-21-28(36)20-34-19-23-6-4-3-5-7-23/h8-18,23,28,34-36H,2-7,19-22H2,1H3/b33-30-. The molecule has 1 heterocycles. The van der Waals surface area contributed by atoms with Gasteiger partial charge in [0.05, 0.1) is 0 Å². The fourth-order valence-corrected chi connectivity index (χ4v) is 5.57. The maximum atomic E-state index is 10.4. The number of aliphatic hydroxyl groups is 1. The molecule has 0 aromatic heterocycles. The third kappa shape index (κ3) is 6.94. The summed E-state index contributed by atoms with van der Waals surface area (Å²) in [5.74, 6) is 3.19. The van der Waals surface area contributed by atoms with Crippen molar-refractivity contribution in [3.8, 4) is 23.0 Å². The van der Waals surface area contributed by atoms with Crippen LogP contribution in [-0.4, -0.2) is 42.8 Å². The number of rotatable bonds is 11. The molecule has 1 fully saturated rings. The Balaban J connectivity index is 1.30. The number of allylic oxidation sites excluding steroid dienone is 1. The van der Waals surface area contributed by atoms with Crippen molar-refractivity contribution in [2.75, 3.05) is 26.5 Å². The van der Waals surface area contributed by atoms with Gasteiger partial charge in [-0.2, -0.15) is 0 Å². The van der Waals surface area contributed by atoms with Crippen LogP contribution < -0.4 is 19.5 Å². The van der Waals surface area contributed by atoms with Gasteiger partial charge in [0.1, 0.15) is 24.2 Å². The molecule has 0 bridgehead atoms. The second-order valence-corrected chi connectivity index (χ2v) is 10.5. The average Bonchev–Trinajstić information content (AvgIpc) is 3.44. The van der Waals surface area contributed by atoms with Gasteiger partial charge in [0.25, 0.3) is 0 Å². The number of fused-ring (bicyclic) bond motifs is 1. The highest BCUT2D eigenvalue weighted by atomic mass is 16.7. The Kier molecular flexibility index (Phi) is 9.07. The molecule has 0 radical (unpaired) electrons. The van der Waals surface area contributed by atoms with E-state index < -0.39 is 6.10 Å². The normalized spacial score (nSPS) is 16.6. The molecular weight excluding hydrogens is 490 g/mol. The zero-order valence-electron chi connectivity index (χ0n) is 22.7. The molecule has 6 heteroatoms. The molecule has 3 aromatic carbocycles. The van der Waals surface area contributed by atoms with Gasteiger partial charge < -0.3 is 29.7 Å². The van der Waals surface area contributed by atoms with Crippen LogP contribution in [0.15, 0.2) is 66.7 Å². The second-order valence-electron chi connectivity index (χ2n) is 10.5. The van der Waals surface area contributed by atoms with Crippen LogP contribution in [-0.2, 0) is 0 Å². The van der Waals surface area contributed by atoms with Gasteiger partial charge >= 0.3 is 0 Å². The van der Waals surface area contributed by atoms with Crippen molar-refractivity contribution in [2.45, 2.75) is 51.6 Å². The lowest BCUT2D eigenvalue weighted by Gasteiger charge is -2.22. The van der Waals surface area contributed by atoms with Gasteiger partial charge in [-0.15, -0.1) is 0 Å². The number of benzene rings is 3. The van der Waals surface area contributed by atoms with E-state index in [0.29, 0.717) is 6.54 Å². The summed E-state index contributed by atoms with van der Waals surface area (Å²) < 4.78 is 17.1. The predicted molar refractivity (Wildman–Crippen MR) is 154 cm³/mol. The number of aliphatic hydroxyl groups excluding tert-OH is 1. The molecule has 6 nitrogen and oxygen atoms in total. The first-order valence-corrected chi connectivity index (χ1v) is 14.1. The number of nitrogens with one attached hydrogen (secondary N) is 1. The monoisotopic (exact) mass is 529 g/mol. The Morgan fingerprint density at radius 3 is 2.28 bits per heavy atom. The van der Waals surface area contributed by atoms with Gasteiger partial charge in [0.2, 0.25) is 6.79 Å². The van der Waals surface area contributed by atoms with E-state index >= 15 is 0 Å². The van der Waals surface area contributed by atoms with Crippen molar-refractivity contribution >= 4 is 11.1 Å². The molecular formula is C33H39NO5. The third-order valence-corrected chi connectivity index (χ3v) is 7.66. The first kappa shape index (κ1) is 27.1. The second kappa shape index (κ2) is 13.0. The van der Waals surface area contributed by atoms with Crippen molar-refractivity contribution in [3.05, 3.63) is 83.4 Å². The highest BCUT2D eigenvalue weighted by Crippen LogP contribution is 2.40. The first-order valence-electron chi connectivity index (χ1n) is 14.1. The molecule has 1 atom stereocenters. The van der Waals surface area contributed by atoms with E-state index in [-0.39, 0.29) is 19.1 Å². The summed E-state index contributed by atoms with van der Waals surface area (Å²) in [4.78, 5) is 0. The summed E-state index contributed by atoms with van der Waals surface area (Å²) in [7, 11) is 0. The molecule has 0 spiro atoms. The van der Waals surface area contributed by atoms with Gasteiger partial charge in [-0.3, -0.25) is 0 Å². The van der Waals surface area contributed by atoms with Crippen molar-refractivity contribution in [1.29, 1.82) is 0 Å². The molecule has 39 heavy (non-hydrogen) atoms. The van der Waals surface area contributed by atoms with Gasteiger partial charge in [-0.25, -0.2) is 0 Å². The number of hydrogen-bond acceptors (Lipinski definition) is 6. The lowest BCUT2D eigenvalue weighted by atomic mass is 9.88. The number of phenolic OH excluding ortho intramolecular Hbond substituents is 1. The van der Waals surface area contributed by atoms with Gasteiger partial charge in [-0.05, 0) is 96.0 Å². The SMILES string of the molecule is CC/C(=C(\c1ccc(O)cc1)c1ccc(OCC(O)CNCC2CCCCC2)cc1)c1ccc2c(c1)OCO2. The maximum absolute atomic E-state index is 10.4. The van der Waals surface area contributed by atoms with Gasteiger partial charge in [-0.1, -0.05) is 56.5 Å². The minimum Gasteiger partial charge on any atom is -0.508 e. The molecule has 1 saturated carbocycles. The van der Waals surface area contributed by atoms with E-state index in [9.17, 15) is 10.2 Å². The number of phenols is 1. The van der Waals surface area contributed by atoms with Crippen molar-refractivity contribution in [2.24, 2.45) is 5.92 Å².